The van der Waals surface area contributed by atoms with E-state index in [9.17, 15) is 4.79 Å². The number of hydrogen-bond acceptors (Lipinski definition) is 4. The summed E-state index contributed by atoms with van der Waals surface area (Å²) in [5.74, 6) is 1.01. The predicted molar refractivity (Wildman–Crippen MR) is 104 cm³/mol. The summed E-state index contributed by atoms with van der Waals surface area (Å²) >= 11 is 6.35. The SMILES string of the molecule is CCCCOc1c(Cl)cc(C(=O)N2CCCC2CNC)cc1OC.Cl. The second-order valence-corrected chi connectivity index (χ2v) is 6.45. The highest BCUT2D eigenvalue weighted by Gasteiger charge is 2.29. The van der Waals surface area contributed by atoms with E-state index in [1.807, 2.05) is 11.9 Å². The Morgan fingerprint density at radius 1 is 1.44 bits per heavy atom. The summed E-state index contributed by atoms with van der Waals surface area (Å²) in [6.45, 7) is 4.26. The summed E-state index contributed by atoms with van der Waals surface area (Å²) < 4.78 is 11.1. The Hall–Kier alpha value is -1.17. The lowest BCUT2D eigenvalue weighted by Crippen LogP contribution is -2.40. The topological polar surface area (TPSA) is 50.8 Å². The van der Waals surface area contributed by atoms with Gasteiger partial charge >= 0.3 is 0 Å². The molecular weight excluding hydrogens is 363 g/mol. The average molecular weight is 391 g/mol. The van der Waals surface area contributed by atoms with Gasteiger partial charge in [-0.15, -0.1) is 12.4 Å². The molecule has 5 nitrogen and oxygen atoms in total. The fourth-order valence-electron chi connectivity index (χ4n) is 3.02. The minimum atomic E-state index is -0.00643. The fraction of sp³-hybridized carbons (Fsp3) is 0.611. The number of hydrogen-bond donors (Lipinski definition) is 1. The van der Waals surface area contributed by atoms with Gasteiger partial charge in [0.25, 0.3) is 5.91 Å². The average Bonchev–Trinajstić information content (AvgIpc) is 3.04. The summed E-state index contributed by atoms with van der Waals surface area (Å²) in [4.78, 5) is 14.8. The Balaban J connectivity index is 0.00000312. The number of amides is 1. The first kappa shape index (κ1) is 21.9. The molecule has 1 aromatic carbocycles. The zero-order valence-corrected chi connectivity index (χ0v) is 16.7. The van der Waals surface area contributed by atoms with Gasteiger partial charge in [0.2, 0.25) is 0 Å². The van der Waals surface area contributed by atoms with E-state index in [1.165, 1.54) is 0 Å². The van der Waals surface area contributed by atoms with Crippen molar-refractivity contribution in [2.24, 2.45) is 0 Å². The zero-order valence-electron chi connectivity index (χ0n) is 15.1. The third kappa shape index (κ3) is 5.40. The van der Waals surface area contributed by atoms with Gasteiger partial charge in [0, 0.05) is 24.7 Å². The van der Waals surface area contributed by atoms with E-state index in [-0.39, 0.29) is 24.4 Å². The monoisotopic (exact) mass is 390 g/mol. The molecule has 0 radical (unpaired) electrons. The molecule has 1 aliphatic heterocycles. The van der Waals surface area contributed by atoms with Crippen molar-refractivity contribution in [1.29, 1.82) is 0 Å². The Labute approximate surface area is 161 Å². The minimum Gasteiger partial charge on any atom is -0.493 e. The van der Waals surface area contributed by atoms with Crippen molar-refractivity contribution in [3.63, 3.8) is 0 Å². The molecule has 1 heterocycles. The molecule has 25 heavy (non-hydrogen) atoms. The van der Waals surface area contributed by atoms with Gasteiger partial charge in [0.05, 0.1) is 18.7 Å². The van der Waals surface area contributed by atoms with Crippen LogP contribution in [0, 0.1) is 0 Å². The summed E-state index contributed by atoms with van der Waals surface area (Å²) in [6, 6.07) is 3.64. The van der Waals surface area contributed by atoms with Crippen LogP contribution in [0.3, 0.4) is 0 Å². The fourth-order valence-corrected chi connectivity index (χ4v) is 3.28. The van der Waals surface area contributed by atoms with Crippen LogP contribution in [0.2, 0.25) is 5.02 Å². The molecular formula is C18H28Cl2N2O3. The molecule has 0 aliphatic carbocycles. The lowest BCUT2D eigenvalue weighted by molar-refractivity contribution is 0.0736. The normalized spacial score (nSPS) is 16.5. The molecule has 1 atom stereocenters. The quantitative estimate of drug-likeness (QED) is 0.686. The third-order valence-electron chi connectivity index (χ3n) is 4.30. The van der Waals surface area contributed by atoms with Gasteiger partial charge in [-0.3, -0.25) is 4.79 Å². The van der Waals surface area contributed by atoms with Gasteiger partial charge in [0.15, 0.2) is 11.5 Å². The Bertz CT molecular complexity index is 569. The van der Waals surface area contributed by atoms with E-state index in [4.69, 9.17) is 21.1 Å². The Kier molecular flexibility index (Phi) is 9.39. The number of ether oxygens (including phenoxy) is 2. The smallest absolute Gasteiger partial charge is 0.254 e. The lowest BCUT2D eigenvalue weighted by Gasteiger charge is -2.25. The maximum Gasteiger partial charge on any atom is 0.254 e. The van der Waals surface area contributed by atoms with Crippen molar-refractivity contribution >= 4 is 29.9 Å². The molecule has 142 valence electrons. The first-order valence-corrected chi connectivity index (χ1v) is 8.96. The molecule has 1 aromatic rings. The first-order valence-electron chi connectivity index (χ1n) is 8.58. The number of likely N-dealkylation sites (tertiary alicyclic amines) is 1. The second kappa shape index (κ2) is 10.7. The number of methoxy groups -OCH3 is 1. The summed E-state index contributed by atoms with van der Waals surface area (Å²) in [6.07, 6.45) is 4.04. The van der Waals surface area contributed by atoms with Crippen LogP contribution in [0.1, 0.15) is 43.0 Å². The standard InChI is InChI=1S/C18H27ClN2O3.ClH/c1-4-5-9-24-17-15(19)10-13(11-16(17)23-3)18(22)21-8-6-7-14(21)12-20-2;/h10-11,14,20H,4-9,12H2,1-3H3;1H. The van der Waals surface area contributed by atoms with Crippen molar-refractivity contribution in [3.05, 3.63) is 22.7 Å². The number of nitrogens with one attached hydrogen (secondary N) is 1. The van der Waals surface area contributed by atoms with Crippen molar-refractivity contribution in [2.75, 3.05) is 33.9 Å². The number of halogens is 2. The van der Waals surface area contributed by atoms with Gasteiger partial charge < -0.3 is 19.7 Å². The number of nitrogens with zero attached hydrogens (tertiary/aromatic N) is 1. The highest BCUT2D eigenvalue weighted by Crippen LogP contribution is 2.37. The van der Waals surface area contributed by atoms with Gasteiger partial charge in [-0.05, 0) is 38.4 Å². The summed E-state index contributed by atoms with van der Waals surface area (Å²) in [7, 11) is 3.47. The molecule has 1 amide bonds. The maximum absolute atomic E-state index is 12.9. The van der Waals surface area contributed by atoms with Crippen molar-refractivity contribution in [3.8, 4) is 11.5 Å². The molecule has 1 N–H and O–H groups in total. The lowest BCUT2D eigenvalue weighted by atomic mass is 10.1. The molecule has 1 aliphatic rings. The highest BCUT2D eigenvalue weighted by molar-refractivity contribution is 6.32. The number of benzene rings is 1. The van der Waals surface area contributed by atoms with Crippen LogP contribution in [-0.2, 0) is 0 Å². The summed E-state index contributed by atoms with van der Waals surface area (Å²) in [5, 5.41) is 3.57. The molecule has 2 rings (SSSR count). The number of unbranched alkanes of at least 4 members (excludes halogenated alkanes) is 1. The van der Waals surface area contributed by atoms with E-state index >= 15 is 0 Å². The predicted octanol–water partition coefficient (Wildman–Crippen LogP) is 3.77. The third-order valence-corrected chi connectivity index (χ3v) is 4.58. The minimum absolute atomic E-state index is 0. The van der Waals surface area contributed by atoms with E-state index in [2.05, 4.69) is 12.2 Å². The van der Waals surface area contributed by atoms with Gasteiger partial charge in [-0.1, -0.05) is 24.9 Å². The molecule has 1 fully saturated rings. The summed E-state index contributed by atoms with van der Waals surface area (Å²) in [5.41, 5.74) is 0.544. The van der Waals surface area contributed by atoms with Crippen molar-refractivity contribution < 1.29 is 14.3 Å². The first-order chi connectivity index (χ1) is 11.6. The molecule has 0 spiro atoms. The molecule has 0 aromatic heterocycles. The zero-order chi connectivity index (χ0) is 17.5. The van der Waals surface area contributed by atoms with Crippen LogP contribution < -0.4 is 14.8 Å². The van der Waals surface area contributed by atoms with E-state index in [0.717, 1.165) is 38.8 Å². The highest BCUT2D eigenvalue weighted by atomic mass is 35.5. The van der Waals surface area contributed by atoms with Crippen LogP contribution in [0.15, 0.2) is 12.1 Å². The van der Waals surface area contributed by atoms with Crippen molar-refractivity contribution in [2.45, 2.75) is 38.6 Å². The van der Waals surface area contributed by atoms with Crippen LogP contribution >= 0.6 is 24.0 Å². The van der Waals surface area contributed by atoms with Gasteiger partial charge in [-0.2, -0.15) is 0 Å². The number of likely N-dealkylation sites (N-methyl/N-ethyl adjacent to an activating group) is 1. The Morgan fingerprint density at radius 3 is 2.84 bits per heavy atom. The van der Waals surface area contributed by atoms with E-state index < -0.39 is 0 Å². The number of rotatable bonds is 8. The Morgan fingerprint density at radius 2 is 2.20 bits per heavy atom. The molecule has 1 unspecified atom stereocenters. The molecule has 0 saturated carbocycles. The number of carbonyl (C=O) groups excluding carboxylic acids is 1. The molecule has 7 heteroatoms. The molecule has 0 bridgehead atoms. The van der Waals surface area contributed by atoms with Crippen molar-refractivity contribution in [1.82, 2.24) is 10.2 Å². The van der Waals surface area contributed by atoms with Crippen LogP contribution in [-0.4, -0.2) is 50.7 Å². The number of carbonyl (C=O) groups is 1. The maximum atomic E-state index is 12.9. The second-order valence-electron chi connectivity index (χ2n) is 6.04. The van der Waals surface area contributed by atoms with Crippen LogP contribution in [0.25, 0.3) is 0 Å². The van der Waals surface area contributed by atoms with Gasteiger partial charge in [0.1, 0.15) is 0 Å². The van der Waals surface area contributed by atoms with Crippen LogP contribution in [0.5, 0.6) is 11.5 Å². The van der Waals surface area contributed by atoms with E-state index in [0.29, 0.717) is 28.7 Å². The molecule has 1 saturated heterocycles. The van der Waals surface area contributed by atoms with E-state index in [1.54, 1.807) is 19.2 Å². The van der Waals surface area contributed by atoms with Crippen LogP contribution in [0.4, 0.5) is 0 Å². The van der Waals surface area contributed by atoms with Gasteiger partial charge in [-0.25, -0.2) is 0 Å². The largest absolute Gasteiger partial charge is 0.493 e.